The molecule has 0 aromatic rings. The average Bonchev–Trinajstić information content (AvgIpc) is 1.78. The fourth-order valence-corrected chi connectivity index (χ4v) is 0.370. The number of hydrogen-bond donors (Lipinski definition) is 1. The smallest absolute Gasteiger partial charge is 0.0621 e. The predicted molar refractivity (Wildman–Crippen MR) is 43.5 cm³/mol. The van der Waals surface area contributed by atoms with Crippen LogP contribution in [0.5, 0.6) is 0 Å². The topological polar surface area (TPSA) is 20.2 Å². The van der Waals surface area contributed by atoms with E-state index in [2.05, 4.69) is 11.8 Å². The second-order valence-corrected chi connectivity index (χ2v) is 3.10. The summed E-state index contributed by atoms with van der Waals surface area (Å²) in [5, 5.41) is 8.34. The molecular formula is C9H14O. The van der Waals surface area contributed by atoms with E-state index in [4.69, 9.17) is 5.11 Å². The molecule has 0 bridgehead atoms. The monoisotopic (exact) mass is 138 g/mol. The van der Waals surface area contributed by atoms with E-state index in [1.807, 2.05) is 20.8 Å². The number of hydrogen-bond acceptors (Lipinski definition) is 1. The van der Waals surface area contributed by atoms with Gasteiger partial charge in [0.05, 0.1) is 6.61 Å². The molecule has 0 saturated carbocycles. The third-order valence-electron chi connectivity index (χ3n) is 0.754. The Bertz CT molecular complexity index is 161. The summed E-state index contributed by atoms with van der Waals surface area (Å²) in [6.07, 6.45) is 3.30. The third kappa shape index (κ3) is 7.26. The van der Waals surface area contributed by atoms with Gasteiger partial charge in [0, 0.05) is 5.41 Å². The van der Waals surface area contributed by atoms with Crippen LogP contribution in [0.1, 0.15) is 20.8 Å². The fraction of sp³-hybridized carbons (Fsp3) is 0.556. The van der Waals surface area contributed by atoms with Crippen molar-refractivity contribution in [1.82, 2.24) is 0 Å². The van der Waals surface area contributed by atoms with Gasteiger partial charge in [0.15, 0.2) is 0 Å². The molecule has 0 rings (SSSR count). The molecule has 1 N–H and O–H groups in total. The molecule has 0 amide bonds. The highest BCUT2D eigenvalue weighted by Gasteiger charge is 2.01. The van der Waals surface area contributed by atoms with Gasteiger partial charge >= 0.3 is 0 Å². The van der Waals surface area contributed by atoms with E-state index < -0.39 is 0 Å². The number of aliphatic hydroxyl groups excluding tert-OH is 1. The third-order valence-corrected chi connectivity index (χ3v) is 0.754. The predicted octanol–water partition coefficient (Wildman–Crippen LogP) is 1.58. The normalized spacial score (nSPS) is 11.2. The molecular weight excluding hydrogens is 124 g/mol. The summed E-state index contributed by atoms with van der Waals surface area (Å²) in [5.74, 6) is 5.84. The number of allylic oxidation sites excluding steroid dienone is 1. The molecule has 0 heterocycles. The van der Waals surface area contributed by atoms with Crippen molar-refractivity contribution in [2.75, 3.05) is 6.61 Å². The molecule has 0 saturated heterocycles. The van der Waals surface area contributed by atoms with Gasteiger partial charge in [-0.05, 0) is 26.8 Å². The van der Waals surface area contributed by atoms with Gasteiger partial charge in [-0.3, -0.25) is 0 Å². The van der Waals surface area contributed by atoms with E-state index in [0.717, 1.165) is 0 Å². The van der Waals surface area contributed by atoms with Crippen molar-refractivity contribution in [2.24, 2.45) is 5.41 Å². The molecule has 0 spiro atoms. The Morgan fingerprint density at radius 2 is 2.00 bits per heavy atom. The molecule has 0 fully saturated rings. The van der Waals surface area contributed by atoms with Crippen LogP contribution in [-0.2, 0) is 0 Å². The molecule has 0 aromatic carbocycles. The van der Waals surface area contributed by atoms with Crippen molar-refractivity contribution in [1.29, 1.82) is 0 Å². The van der Waals surface area contributed by atoms with Gasteiger partial charge in [-0.2, -0.15) is 0 Å². The lowest BCUT2D eigenvalue weighted by Gasteiger charge is -2.05. The first kappa shape index (κ1) is 9.26. The zero-order valence-corrected chi connectivity index (χ0v) is 6.81. The van der Waals surface area contributed by atoms with Crippen molar-refractivity contribution in [3.8, 4) is 11.8 Å². The molecule has 0 unspecified atom stereocenters. The highest BCUT2D eigenvalue weighted by Crippen LogP contribution is 2.09. The van der Waals surface area contributed by atoms with E-state index in [1.54, 1.807) is 12.2 Å². The van der Waals surface area contributed by atoms with Crippen LogP contribution < -0.4 is 0 Å². The Morgan fingerprint density at radius 3 is 2.40 bits per heavy atom. The Hall–Kier alpha value is -0.740. The van der Waals surface area contributed by atoms with E-state index in [9.17, 15) is 0 Å². The van der Waals surface area contributed by atoms with Gasteiger partial charge in [0.25, 0.3) is 0 Å². The zero-order chi connectivity index (χ0) is 8.04. The minimum atomic E-state index is 0.0554. The lowest BCUT2D eigenvalue weighted by molar-refractivity contribution is 0.343. The lowest BCUT2D eigenvalue weighted by Crippen LogP contribution is -1.98. The summed E-state index contributed by atoms with van der Waals surface area (Å²) in [7, 11) is 0. The largest absolute Gasteiger partial charge is 0.392 e. The molecule has 0 aliphatic heterocycles. The first-order valence-corrected chi connectivity index (χ1v) is 3.35. The maximum absolute atomic E-state index is 8.34. The SMILES string of the molecule is CC(C)(C)C#C/C=C\CO. The molecule has 10 heavy (non-hydrogen) atoms. The Morgan fingerprint density at radius 1 is 1.40 bits per heavy atom. The molecule has 1 heteroatoms. The average molecular weight is 138 g/mol. The quantitative estimate of drug-likeness (QED) is 0.545. The van der Waals surface area contributed by atoms with Gasteiger partial charge in [0.1, 0.15) is 0 Å². The van der Waals surface area contributed by atoms with Crippen molar-refractivity contribution >= 4 is 0 Å². The zero-order valence-electron chi connectivity index (χ0n) is 6.81. The van der Waals surface area contributed by atoms with Crippen LogP contribution in [0.2, 0.25) is 0 Å². The van der Waals surface area contributed by atoms with E-state index >= 15 is 0 Å². The maximum Gasteiger partial charge on any atom is 0.0621 e. The van der Waals surface area contributed by atoms with Crippen LogP contribution in [0.4, 0.5) is 0 Å². The van der Waals surface area contributed by atoms with Crippen molar-refractivity contribution in [3.63, 3.8) is 0 Å². The number of aliphatic hydroxyl groups is 1. The summed E-state index contributed by atoms with van der Waals surface area (Å²) in [5.41, 5.74) is 0.0554. The van der Waals surface area contributed by atoms with Crippen molar-refractivity contribution in [2.45, 2.75) is 20.8 Å². The van der Waals surface area contributed by atoms with Crippen LogP contribution in [0.15, 0.2) is 12.2 Å². The minimum absolute atomic E-state index is 0.0554. The molecule has 0 atom stereocenters. The Balaban J connectivity index is 3.81. The summed E-state index contributed by atoms with van der Waals surface area (Å²) in [6.45, 7) is 6.21. The van der Waals surface area contributed by atoms with E-state index in [1.165, 1.54) is 0 Å². The van der Waals surface area contributed by atoms with Gasteiger partial charge in [-0.15, -0.1) is 0 Å². The van der Waals surface area contributed by atoms with Crippen LogP contribution in [0.25, 0.3) is 0 Å². The standard InChI is InChI=1S/C9H14O/c1-9(2,3)7-5-4-6-8-10/h4,6,10H,8H2,1-3H3/b6-4-. The van der Waals surface area contributed by atoms with Gasteiger partial charge in [-0.1, -0.05) is 17.9 Å². The molecule has 0 radical (unpaired) electrons. The summed E-state index contributed by atoms with van der Waals surface area (Å²) < 4.78 is 0. The van der Waals surface area contributed by atoms with Crippen molar-refractivity contribution < 1.29 is 5.11 Å². The highest BCUT2D eigenvalue weighted by atomic mass is 16.2. The molecule has 56 valence electrons. The second kappa shape index (κ2) is 4.14. The van der Waals surface area contributed by atoms with Gasteiger partial charge in [-0.25, -0.2) is 0 Å². The second-order valence-electron chi connectivity index (χ2n) is 3.10. The lowest BCUT2D eigenvalue weighted by atomic mass is 9.98. The summed E-state index contributed by atoms with van der Waals surface area (Å²) >= 11 is 0. The first-order chi connectivity index (χ1) is 4.56. The van der Waals surface area contributed by atoms with Gasteiger partial charge < -0.3 is 5.11 Å². The van der Waals surface area contributed by atoms with Gasteiger partial charge in [0.2, 0.25) is 0 Å². The highest BCUT2D eigenvalue weighted by molar-refractivity contribution is 5.18. The molecule has 1 nitrogen and oxygen atoms in total. The van der Waals surface area contributed by atoms with E-state index in [-0.39, 0.29) is 12.0 Å². The summed E-state index contributed by atoms with van der Waals surface area (Å²) in [4.78, 5) is 0. The van der Waals surface area contributed by atoms with Crippen LogP contribution in [0, 0.1) is 17.3 Å². The molecule has 0 aliphatic rings. The Kier molecular flexibility index (Phi) is 3.83. The van der Waals surface area contributed by atoms with E-state index in [0.29, 0.717) is 0 Å². The van der Waals surface area contributed by atoms with Crippen LogP contribution in [-0.4, -0.2) is 11.7 Å². The summed E-state index contributed by atoms with van der Waals surface area (Å²) in [6, 6.07) is 0. The molecule has 0 aliphatic carbocycles. The maximum atomic E-state index is 8.34. The molecule has 0 aromatic heterocycles. The fourth-order valence-electron chi connectivity index (χ4n) is 0.370. The Labute approximate surface area is 62.8 Å². The minimum Gasteiger partial charge on any atom is -0.392 e. The van der Waals surface area contributed by atoms with Crippen molar-refractivity contribution in [3.05, 3.63) is 12.2 Å². The first-order valence-electron chi connectivity index (χ1n) is 3.35. The van der Waals surface area contributed by atoms with Crippen LogP contribution >= 0.6 is 0 Å². The van der Waals surface area contributed by atoms with Crippen LogP contribution in [0.3, 0.4) is 0 Å². The number of rotatable bonds is 1.